The molecule has 0 spiro atoms. The standard InChI is InChI=1S/C8H12N4/c9-7-3-5-1-2-11-4-6(5)8(10)12-7/h3,11H,1-2,4H2,(H4,9,10,12). The van der Waals surface area contributed by atoms with Crippen molar-refractivity contribution in [3.8, 4) is 0 Å². The zero-order valence-electron chi connectivity index (χ0n) is 6.80. The lowest BCUT2D eigenvalue weighted by atomic mass is 10.0. The SMILES string of the molecule is Nc1cc2c(c(N)n1)CNCC2. The predicted octanol–water partition coefficient (Wildman–Crippen LogP) is -0.108. The molecule has 0 aliphatic carbocycles. The van der Waals surface area contributed by atoms with Crippen LogP contribution in [0.25, 0.3) is 0 Å². The Kier molecular flexibility index (Phi) is 1.62. The third-order valence-electron chi connectivity index (χ3n) is 2.14. The molecule has 1 aromatic rings. The minimum absolute atomic E-state index is 0.521. The van der Waals surface area contributed by atoms with Gasteiger partial charge in [-0.25, -0.2) is 4.98 Å². The number of aromatic nitrogens is 1. The minimum Gasteiger partial charge on any atom is -0.384 e. The lowest BCUT2D eigenvalue weighted by molar-refractivity contribution is 0.643. The van der Waals surface area contributed by atoms with Gasteiger partial charge in [-0.2, -0.15) is 0 Å². The van der Waals surface area contributed by atoms with Crippen LogP contribution in [0.3, 0.4) is 0 Å². The number of anilines is 2. The van der Waals surface area contributed by atoms with Gasteiger partial charge in [-0.05, 0) is 24.6 Å². The minimum atomic E-state index is 0.521. The Bertz CT molecular complexity index is 308. The van der Waals surface area contributed by atoms with Crippen LogP contribution < -0.4 is 16.8 Å². The van der Waals surface area contributed by atoms with Crippen molar-refractivity contribution in [3.05, 3.63) is 17.2 Å². The molecule has 5 N–H and O–H groups in total. The molecule has 1 aliphatic heterocycles. The summed E-state index contributed by atoms with van der Waals surface area (Å²) in [6.07, 6.45) is 0.992. The van der Waals surface area contributed by atoms with E-state index in [-0.39, 0.29) is 0 Å². The summed E-state index contributed by atoms with van der Waals surface area (Å²) in [5.74, 6) is 1.09. The highest BCUT2D eigenvalue weighted by Gasteiger charge is 2.12. The smallest absolute Gasteiger partial charge is 0.130 e. The summed E-state index contributed by atoms with van der Waals surface area (Å²) >= 11 is 0. The van der Waals surface area contributed by atoms with Crippen molar-refractivity contribution in [3.63, 3.8) is 0 Å². The van der Waals surface area contributed by atoms with Gasteiger partial charge >= 0.3 is 0 Å². The quantitative estimate of drug-likeness (QED) is 0.500. The Morgan fingerprint density at radius 3 is 3.08 bits per heavy atom. The third-order valence-corrected chi connectivity index (χ3v) is 2.14. The molecule has 0 aromatic carbocycles. The highest BCUT2D eigenvalue weighted by Crippen LogP contribution is 2.20. The van der Waals surface area contributed by atoms with Crippen LogP contribution in [-0.4, -0.2) is 11.5 Å². The molecule has 0 bridgehead atoms. The van der Waals surface area contributed by atoms with Crippen LogP contribution in [0.4, 0.5) is 11.6 Å². The fourth-order valence-corrected chi connectivity index (χ4v) is 1.53. The molecule has 4 nitrogen and oxygen atoms in total. The number of hydrogen-bond acceptors (Lipinski definition) is 4. The second-order valence-corrected chi connectivity index (χ2v) is 3.00. The fourth-order valence-electron chi connectivity index (χ4n) is 1.53. The van der Waals surface area contributed by atoms with E-state index in [1.807, 2.05) is 6.07 Å². The summed E-state index contributed by atoms with van der Waals surface area (Å²) in [4.78, 5) is 4.00. The largest absolute Gasteiger partial charge is 0.384 e. The predicted molar refractivity (Wildman–Crippen MR) is 48.5 cm³/mol. The number of nitrogens with two attached hydrogens (primary N) is 2. The van der Waals surface area contributed by atoms with Crippen LogP contribution in [0.15, 0.2) is 6.07 Å². The van der Waals surface area contributed by atoms with E-state index in [1.165, 1.54) is 5.56 Å². The maximum atomic E-state index is 5.71. The van der Waals surface area contributed by atoms with Gasteiger partial charge in [-0.3, -0.25) is 0 Å². The average molecular weight is 164 g/mol. The average Bonchev–Trinajstić information content (AvgIpc) is 2.04. The van der Waals surface area contributed by atoms with Crippen molar-refractivity contribution in [2.75, 3.05) is 18.0 Å². The summed E-state index contributed by atoms with van der Waals surface area (Å²) in [5.41, 5.74) is 13.6. The van der Waals surface area contributed by atoms with E-state index < -0.39 is 0 Å². The van der Waals surface area contributed by atoms with Gasteiger partial charge in [0.15, 0.2) is 0 Å². The van der Waals surface area contributed by atoms with E-state index in [0.717, 1.165) is 25.1 Å². The van der Waals surface area contributed by atoms with Gasteiger partial charge in [0.05, 0.1) is 0 Å². The van der Waals surface area contributed by atoms with Crippen LogP contribution in [0.1, 0.15) is 11.1 Å². The molecule has 0 saturated heterocycles. The van der Waals surface area contributed by atoms with Gasteiger partial charge < -0.3 is 16.8 Å². The van der Waals surface area contributed by atoms with Crippen LogP contribution in [-0.2, 0) is 13.0 Å². The molecule has 0 radical (unpaired) electrons. The van der Waals surface area contributed by atoms with Gasteiger partial charge in [0.2, 0.25) is 0 Å². The number of pyridine rings is 1. The first-order valence-corrected chi connectivity index (χ1v) is 4.02. The van der Waals surface area contributed by atoms with Crippen molar-refractivity contribution in [2.45, 2.75) is 13.0 Å². The first-order valence-electron chi connectivity index (χ1n) is 4.02. The molecule has 0 fully saturated rings. The van der Waals surface area contributed by atoms with Crippen molar-refractivity contribution >= 4 is 11.6 Å². The number of fused-ring (bicyclic) bond motifs is 1. The summed E-state index contributed by atoms with van der Waals surface area (Å²) < 4.78 is 0. The Morgan fingerprint density at radius 2 is 2.25 bits per heavy atom. The normalized spacial score (nSPS) is 15.7. The molecular weight excluding hydrogens is 152 g/mol. The van der Waals surface area contributed by atoms with Crippen molar-refractivity contribution in [2.24, 2.45) is 0 Å². The second-order valence-electron chi connectivity index (χ2n) is 3.00. The Hall–Kier alpha value is -1.29. The van der Waals surface area contributed by atoms with Gasteiger partial charge in [0, 0.05) is 12.1 Å². The van der Waals surface area contributed by atoms with Gasteiger partial charge in [0.25, 0.3) is 0 Å². The Balaban J connectivity index is 2.53. The molecule has 1 aromatic heterocycles. The maximum absolute atomic E-state index is 5.71. The number of rotatable bonds is 0. The summed E-state index contributed by atoms with van der Waals surface area (Å²) in [5, 5.41) is 3.24. The van der Waals surface area contributed by atoms with E-state index in [0.29, 0.717) is 11.6 Å². The molecule has 2 rings (SSSR count). The molecule has 0 saturated carbocycles. The number of nitrogen functional groups attached to an aromatic ring is 2. The molecule has 12 heavy (non-hydrogen) atoms. The summed E-state index contributed by atoms with van der Waals surface area (Å²) in [7, 11) is 0. The lowest BCUT2D eigenvalue weighted by Gasteiger charge is -2.18. The number of hydrogen-bond donors (Lipinski definition) is 3. The molecule has 0 atom stereocenters. The monoisotopic (exact) mass is 164 g/mol. The van der Waals surface area contributed by atoms with E-state index in [4.69, 9.17) is 11.5 Å². The molecule has 0 unspecified atom stereocenters. The van der Waals surface area contributed by atoms with E-state index in [9.17, 15) is 0 Å². The second kappa shape index (κ2) is 2.64. The molecule has 1 aliphatic rings. The van der Waals surface area contributed by atoms with E-state index in [2.05, 4.69) is 10.3 Å². The van der Waals surface area contributed by atoms with Crippen LogP contribution >= 0.6 is 0 Å². The van der Waals surface area contributed by atoms with Crippen LogP contribution in [0.2, 0.25) is 0 Å². The van der Waals surface area contributed by atoms with E-state index >= 15 is 0 Å². The summed E-state index contributed by atoms with van der Waals surface area (Å²) in [6.45, 7) is 1.81. The maximum Gasteiger partial charge on any atom is 0.130 e. The fraction of sp³-hybridized carbons (Fsp3) is 0.375. The highest BCUT2D eigenvalue weighted by molar-refractivity contribution is 5.52. The van der Waals surface area contributed by atoms with Gasteiger partial charge in [0.1, 0.15) is 11.6 Å². The Labute approximate surface area is 71.0 Å². The van der Waals surface area contributed by atoms with Crippen molar-refractivity contribution in [1.29, 1.82) is 0 Å². The first kappa shape index (κ1) is 7.36. The highest BCUT2D eigenvalue weighted by atomic mass is 14.9. The van der Waals surface area contributed by atoms with Crippen LogP contribution in [0.5, 0.6) is 0 Å². The first-order chi connectivity index (χ1) is 5.77. The molecule has 64 valence electrons. The van der Waals surface area contributed by atoms with Crippen molar-refractivity contribution in [1.82, 2.24) is 10.3 Å². The number of nitrogens with zero attached hydrogens (tertiary/aromatic N) is 1. The summed E-state index contributed by atoms with van der Waals surface area (Å²) in [6, 6.07) is 1.91. The zero-order valence-corrected chi connectivity index (χ0v) is 6.80. The molecule has 2 heterocycles. The molecular formula is C8H12N4. The van der Waals surface area contributed by atoms with Gasteiger partial charge in [-0.1, -0.05) is 0 Å². The lowest BCUT2D eigenvalue weighted by Crippen LogP contribution is -2.25. The third kappa shape index (κ3) is 1.10. The van der Waals surface area contributed by atoms with Gasteiger partial charge in [-0.15, -0.1) is 0 Å². The topological polar surface area (TPSA) is 77.0 Å². The molecule has 0 amide bonds. The van der Waals surface area contributed by atoms with Crippen molar-refractivity contribution < 1.29 is 0 Å². The van der Waals surface area contributed by atoms with Crippen LogP contribution in [0, 0.1) is 0 Å². The zero-order chi connectivity index (χ0) is 8.55. The van der Waals surface area contributed by atoms with E-state index in [1.54, 1.807) is 0 Å². The Morgan fingerprint density at radius 1 is 1.42 bits per heavy atom. The number of nitrogens with one attached hydrogen (secondary N) is 1. The molecule has 4 heteroatoms.